The van der Waals surface area contributed by atoms with Gasteiger partial charge < -0.3 is 20.4 Å². The third-order valence-electron chi connectivity index (χ3n) is 10.9. The number of phenols is 3. The molecule has 74 heavy (non-hydrogen) atoms. The average Bonchev–Trinajstić information content (AvgIpc) is 3.65. The van der Waals surface area contributed by atoms with Gasteiger partial charge in [0.1, 0.15) is 45.1 Å². The number of nitro benzene ring substituents is 1. The SMILES string of the molecule is C=CS(=O)(=O)c1ccc(Cc2nc(Cl)nc(Cc3ccc4ccc(N=Nc5cc([N+](=O)[O-])ccc5O)c(O)c4c3)n2)cc1.Cc1nn(-c2ccccc2)c(O)c1N=Nc1c(O)cc(S(=O)(=O)O)c2ccccc12.[Cr]. The molecule has 0 radical (unpaired) electrons. The van der Waals surface area contributed by atoms with E-state index in [1.807, 2.05) is 12.1 Å². The first-order valence-electron chi connectivity index (χ1n) is 21.3. The Hall–Kier alpha value is -8.50. The van der Waals surface area contributed by atoms with Gasteiger partial charge in [-0.1, -0.05) is 79.4 Å². The first-order chi connectivity index (χ1) is 34.8. The molecular weight excluding hydrogens is 1060 g/mol. The molecule has 2 aromatic heterocycles. The summed E-state index contributed by atoms with van der Waals surface area (Å²) in [5.41, 5.74) is 2.34. The minimum absolute atomic E-state index is 0. The Morgan fingerprint density at radius 3 is 1.96 bits per heavy atom. The van der Waals surface area contributed by atoms with Crippen LogP contribution in [-0.4, -0.2) is 71.5 Å². The third-order valence-corrected chi connectivity index (χ3v) is 13.3. The van der Waals surface area contributed by atoms with Crippen LogP contribution in [0.15, 0.2) is 176 Å². The minimum atomic E-state index is -4.56. The van der Waals surface area contributed by atoms with Gasteiger partial charge in [0.05, 0.1) is 21.2 Å². The zero-order valence-corrected chi connectivity index (χ0v) is 41.8. The summed E-state index contributed by atoms with van der Waals surface area (Å²) in [6.45, 7) is 4.97. The van der Waals surface area contributed by atoms with E-state index in [-0.39, 0.29) is 97.0 Å². The molecule has 7 aromatic carbocycles. The second kappa shape index (κ2) is 22.1. The van der Waals surface area contributed by atoms with E-state index in [4.69, 9.17) is 11.6 Å². The molecule has 0 fully saturated rings. The van der Waals surface area contributed by atoms with Gasteiger partial charge in [0.25, 0.3) is 15.8 Å². The molecule has 0 aliphatic carbocycles. The summed E-state index contributed by atoms with van der Waals surface area (Å²) in [6.07, 6.45) is 0.547. The number of aryl methyl sites for hydroxylation is 1. The van der Waals surface area contributed by atoms with E-state index in [1.165, 1.54) is 35.0 Å². The number of nitrogens with zero attached hydrogens (tertiary/aromatic N) is 10. The number of aromatic hydroxyl groups is 4. The predicted octanol–water partition coefficient (Wildman–Crippen LogP) is 10.9. The Balaban J connectivity index is 0.000000227. The monoisotopic (exact) mass is 1090 g/mol. The van der Waals surface area contributed by atoms with Crippen LogP contribution in [0.1, 0.15) is 28.5 Å². The van der Waals surface area contributed by atoms with Gasteiger partial charge in [0.2, 0.25) is 11.2 Å². The number of benzene rings is 7. The fourth-order valence-corrected chi connectivity index (χ4v) is 8.92. The maximum Gasteiger partial charge on any atom is 0.295 e. The summed E-state index contributed by atoms with van der Waals surface area (Å²) in [5, 5.41) is 75.6. The van der Waals surface area contributed by atoms with Crippen molar-refractivity contribution in [3.63, 3.8) is 0 Å². The Morgan fingerprint density at radius 2 is 1.30 bits per heavy atom. The molecule has 0 saturated heterocycles. The molecule has 374 valence electrons. The molecule has 5 N–H and O–H groups in total. The van der Waals surface area contributed by atoms with Crippen molar-refractivity contribution in [1.82, 2.24) is 24.7 Å². The molecule has 0 aliphatic heterocycles. The van der Waals surface area contributed by atoms with Gasteiger partial charge in [-0.2, -0.15) is 18.2 Å². The molecule has 0 atom stereocenters. The van der Waals surface area contributed by atoms with Gasteiger partial charge in [0, 0.05) is 70.0 Å². The molecular formula is C49H37ClCrN10O11S2. The number of hydrogen-bond donors (Lipinski definition) is 5. The van der Waals surface area contributed by atoms with Crippen LogP contribution in [0.4, 0.5) is 28.4 Å². The number of para-hydroxylation sites is 1. The molecule has 0 amide bonds. The van der Waals surface area contributed by atoms with Crippen LogP contribution in [0.3, 0.4) is 0 Å². The number of nitro groups is 1. The summed E-state index contributed by atoms with van der Waals surface area (Å²) in [6, 6.07) is 34.4. The standard InChI is InChI=1S/C29H21ClN6O6S.C20H16N4O5S.Cr/c1-2-43(41,42)21-9-4-17(5-10-21)14-26-31-27(33-29(30)32-26)15-18-3-6-19-7-11-23(28(38)22(19)13-18)34-35-24-16-20(36(39)40)8-12-25(24)37;1-12-18(20(26)24(23-12)13-7-3-2-4-8-13)21-22-19-15-10-6-5-9-14(15)17(11-16(19)25)30(27,28)29;/h2-13,16,37-38H,1,14-15H2;2-11,25-26H,1H3,(H,27,28,29);. The maximum absolute atomic E-state index is 12.0. The normalized spacial score (nSPS) is 11.7. The van der Waals surface area contributed by atoms with Gasteiger partial charge in [-0.15, -0.1) is 20.5 Å². The van der Waals surface area contributed by atoms with Crippen LogP contribution < -0.4 is 0 Å². The molecule has 25 heteroatoms. The molecule has 0 aliphatic rings. The number of non-ortho nitro benzene ring substituents is 1. The fourth-order valence-electron chi connectivity index (χ4n) is 7.30. The molecule has 9 aromatic rings. The first kappa shape index (κ1) is 53.3. The number of hydrogen-bond acceptors (Lipinski definition) is 18. The molecule has 0 saturated carbocycles. The second-order valence-electron chi connectivity index (χ2n) is 15.7. The largest absolute Gasteiger partial charge is 0.506 e. The molecule has 21 nitrogen and oxygen atoms in total. The number of sulfone groups is 1. The van der Waals surface area contributed by atoms with E-state index in [2.05, 4.69) is 47.1 Å². The van der Waals surface area contributed by atoms with Gasteiger partial charge >= 0.3 is 0 Å². The van der Waals surface area contributed by atoms with Crippen molar-refractivity contribution in [3.05, 3.63) is 189 Å². The van der Waals surface area contributed by atoms with E-state index < -0.39 is 35.5 Å². The van der Waals surface area contributed by atoms with Crippen molar-refractivity contribution < 1.29 is 64.1 Å². The van der Waals surface area contributed by atoms with E-state index in [0.29, 0.717) is 28.4 Å². The van der Waals surface area contributed by atoms with Crippen LogP contribution in [-0.2, 0) is 50.2 Å². The van der Waals surface area contributed by atoms with E-state index in [9.17, 15) is 51.9 Å². The Morgan fingerprint density at radius 1 is 0.689 bits per heavy atom. The van der Waals surface area contributed by atoms with Crippen LogP contribution in [0.25, 0.3) is 27.2 Å². The number of rotatable bonds is 13. The van der Waals surface area contributed by atoms with Crippen LogP contribution in [0, 0.1) is 17.0 Å². The van der Waals surface area contributed by atoms with Crippen molar-refractivity contribution in [2.75, 3.05) is 0 Å². The predicted molar refractivity (Wildman–Crippen MR) is 268 cm³/mol. The smallest absolute Gasteiger partial charge is 0.295 e. The molecule has 0 unspecified atom stereocenters. The summed E-state index contributed by atoms with van der Waals surface area (Å²) in [5.74, 6) is -0.422. The van der Waals surface area contributed by atoms with Crippen LogP contribution in [0.5, 0.6) is 23.1 Å². The molecule has 9 rings (SSSR count). The van der Waals surface area contributed by atoms with E-state index >= 15 is 0 Å². The van der Waals surface area contributed by atoms with E-state index in [1.54, 1.807) is 73.7 Å². The van der Waals surface area contributed by atoms with Crippen molar-refractivity contribution >= 4 is 81.5 Å². The quantitative estimate of drug-likeness (QED) is 0.0310. The van der Waals surface area contributed by atoms with Gasteiger partial charge in [-0.05, 0) is 77.5 Å². The van der Waals surface area contributed by atoms with Crippen LogP contribution in [0.2, 0.25) is 5.28 Å². The Kier molecular flexibility index (Phi) is 15.9. The molecule has 2 heterocycles. The minimum Gasteiger partial charge on any atom is -0.506 e. The van der Waals surface area contributed by atoms with E-state index in [0.717, 1.165) is 46.2 Å². The van der Waals surface area contributed by atoms with Crippen molar-refractivity contribution in [2.24, 2.45) is 20.5 Å². The van der Waals surface area contributed by atoms with Crippen molar-refractivity contribution in [2.45, 2.75) is 29.6 Å². The molecule has 0 spiro atoms. The summed E-state index contributed by atoms with van der Waals surface area (Å²) >= 11 is 6.18. The summed E-state index contributed by atoms with van der Waals surface area (Å²) in [7, 11) is -8.10. The Labute approximate surface area is 436 Å². The summed E-state index contributed by atoms with van der Waals surface area (Å²) < 4.78 is 58.0. The number of azo groups is 2. The van der Waals surface area contributed by atoms with Gasteiger partial charge in [0.15, 0.2) is 21.3 Å². The maximum atomic E-state index is 12.0. The average molecular weight is 1090 g/mol. The topological polar surface area (TPSA) is 318 Å². The number of aromatic nitrogens is 5. The fraction of sp³-hybridized carbons (Fsp3) is 0.0612. The number of halogens is 1. The first-order valence-corrected chi connectivity index (χ1v) is 24.6. The summed E-state index contributed by atoms with van der Waals surface area (Å²) in [4.78, 5) is 23.0. The Bertz CT molecular complexity index is 3940. The number of fused-ring (bicyclic) bond motifs is 2. The second-order valence-corrected chi connectivity index (χ2v) is 19.4. The van der Waals surface area contributed by atoms with Crippen molar-refractivity contribution in [3.8, 4) is 28.8 Å². The van der Waals surface area contributed by atoms with Crippen LogP contribution >= 0.6 is 11.6 Å². The van der Waals surface area contributed by atoms with Gasteiger partial charge in [-0.25, -0.2) is 23.4 Å². The molecule has 0 bridgehead atoms. The van der Waals surface area contributed by atoms with Gasteiger partial charge in [-0.3, -0.25) is 14.7 Å². The zero-order valence-electron chi connectivity index (χ0n) is 38.2. The third kappa shape index (κ3) is 11.9. The van der Waals surface area contributed by atoms with Crippen molar-refractivity contribution in [1.29, 1.82) is 0 Å². The zero-order chi connectivity index (χ0) is 52.2. The number of phenolic OH excluding ortho intramolecular Hbond substituents is 3.